The summed E-state index contributed by atoms with van der Waals surface area (Å²) in [4.78, 5) is 44.4. The lowest BCUT2D eigenvalue weighted by molar-refractivity contribution is -0.145. The summed E-state index contributed by atoms with van der Waals surface area (Å²) in [6, 6.07) is 13.8. The number of ether oxygens (including phenoxy) is 2. The molecule has 2 fully saturated rings. The number of para-hydroxylation sites is 1. The number of carbonyl (C=O) groups is 3. The molecule has 1 spiro atoms. The summed E-state index contributed by atoms with van der Waals surface area (Å²) in [7, 11) is 0. The lowest BCUT2D eigenvalue weighted by atomic mass is 9.81. The molecule has 2 atom stereocenters. The second kappa shape index (κ2) is 9.43. The third-order valence-electron chi connectivity index (χ3n) is 7.11. The van der Waals surface area contributed by atoms with Crippen molar-refractivity contribution >= 4 is 29.0 Å². The summed E-state index contributed by atoms with van der Waals surface area (Å²) < 4.78 is 11.3. The zero-order valence-electron chi connectivity index (χ0n) is 20.5. The molecule has 0 unspecified atom stereocenters. The zero-order valence-corrected chi connectivity index (χ0v) is 20.5. The molecule has 8 nitrogen and oxygen atoms in total. The minimum absolute atomic E-state index is 0.0880. The van der Waals surface area contributed by atoms with Gasteiger partial charge in [0.2, 0.25) is 0 Å². The van der Waals surface area contributed by atoms with E-state index < -0.39 is 23.1 Å². The molecule has 188 valence electrons. The van der Waals surface area contributed by atoms with Gasteiger partial charge in [-0.25, -0.2) is 0 Å². The number of ketones is 1. The second-order valence-electron chi connectivity index (χ2n) is 9.25. The minimum Gasteiger partial charge on any atom is -0.507 e. The molecule has 8 heteroatoms. The summed E-state index contributed by atoms with van der Waals surface area (Å²) in [6.45, 7) is 5.40. The summed E-state index contributed by atoms with van der Waals surface area (Å²) in [5, 5.41) is 11.5. The van der Waals surface area contributed by atoms with Gasteiger partial charge >= 0.3 is 0 Å². The Morgan fingerprint density at radius 1 is 1.11 bits per heavy atom. The average molecular weight is 491 g/mol. The van der Waals surface area contributed by atoms with Gasteiger partial charge in [-0.1, -0.05) is 25.1 Å². The van der Waals surface area contributed by atoms with Crippen molar-refractivity contribution < 1.29 is 29.0 Å². The number of rotatable bonds is 7. The van der Waals surface area contributed by atoms with Crippen molar-refractivity contribution in [2.45, 2.75) is 44.8 Å². The first kappa shape index (κ1) is 24.1. The molecule has 0 bridgehead atoms. The number of hydrogen-bond acceptors (Lipinski definition) is 6. The highest BCUT2D eigenvalue weighted by Gasteiger charge is 2.67. The normalized spacial score (nSPS) is 24.7. The summed E-state index contributed by atoms with van der Waals surface area (Å²) in [6.07, 6.45) is 1.98. The van der Waals surface area contributed by atoms with E-state index in [2.05, 4.69) is 0 Å². The highest BCUT2D eigenvalue weighted by Crippen LogP contribution is 2.53. The van der Waals surface area contributed by atoms with Crippen LogP contribution in [-0.2, 0) is 24.7 Å². The molecule has 36 heavy (non-hydrogen) atoms. The lowest BCUT2D eigenvalue weighted by Gasteiger charge is -2.35. The van der Waals surface area contributed by atoms with Gasteiger partial charge in [0, 0.05) is 30.8 Å². The Balaban J connectivity index is 1.74. The average Bonchev–Trinajstić information content (AvgIpc) is 3.55. The third-order valence-corrected chi connectivity index (χ3v) is 7.11. The van der Waals surface area contributed by atoms with Crippen LogP contribution >= 0.6 is 0 Å². The fourth-order valence-corrected chi connectivity index (χ4v) is 5.57. The van der Waals surface area contributed by atoms with Crippen molar-refractivity contribution in [2.24, 2.45) is 0 Å². The van der Waals surface area contributed by atoms with Gasteiger partial charge in [-0.2, -0.15) is 0 Å². The highest BCUT2D eigenvalue weighted by atomic mass is 16.5. The number of carbonyl (C=O) groups excluding carboxylic acids is 3. The number of aliphatic hydroxyl groups excluding tert-OH is 1. The van der Waals surface area contributed by atoms with E-state index in [-0.39, 0.29) is 24.0 Å². The molecule has 3 aliphatic heterocycles. The first-order valence-electron chi connectivity index (χ1n) is 12.5. The van der Waals surface area contributed by atoms with Gasteiger partial charge < -0.3 is 24.4 Å². The number of anilines is 1. The standard InChI is InChI=1S/C28H30N2O6/c1-3-15-29-22-10-6-5-9-21(22)28(27(29)34)23(24(31)18-11-13-19(14-12-18)35-4-2)25(32)26(33)30(28)17-20-8-7-16-36-20/h5-6,9-14,20,31H,3-4,7-8,15-17H2,1-2H3/t20-,28-/m1/s1. The molecule has 2 amide bonds. The van der Waals surface area contributed by atoms with Gasteiger partial charge in [0.25, 0.3) is 17.6 Å². The number of aliphatic hydroxyl groups is 1. The number of likely N-dealkylation sites (tertiary alicyclic amines) is 1. The molecule has 5 rings (SSSR count). The monoisotopic (exact) mass is 490 g/mol. The molecular weight excluding hydrogens is 460 g/mol. The molecule has 1 N–H and O–H groups in total. The van der Waals surface area contributed by atoms with Gasteiger partial charge in [-0.15, -0.1) is 0 Å². The number of amides is 2. The van der Waals surface area contributed by atoms with Gasteiger partial charge in [-0.05, 0) is 56.5 Å². The van der Waals surface area contributed by atoms with E-state index in [0.717, 1.165) is 12.8 Å². The minimum atomic E-state index is -1.76. The smallest absolute Gasteiger partial charge is 0.296 e. The van der Waals surface area contributed by atoms with Crippen LogP contribution in [0.5, 0.6) is 5.75 Å². The van der Waals surface area contributed by atoms with Crippen LogP contribution in [0.4, 0.5) is 5.69 Å². The second-order valence-corrected chi connectivity index (χ2v) is 9.25. The van der Waals surface area contributed by atoms with Crippen molar-refractivity contribution in [1.29, 1.82) is 0 Å². The fraction of sp³-hybridized carbons (Fsp3) is 0.393. The van der Waals surface area contributed by atoms with Crippen LogP contribution in [0.15, 0.2) is 54.1 Å². The Bertz CT molecular complexity index is 1230. The van der Waals surface area contributed by atoms with Gasteiger partial charge in [0.15, 0.2) is 5.54 Å². The van der Waals surface area contributed by atoms with Crippen LogP contribution in [0, 0.1) is 0 Å². The molecule has 2 aromatic carbocycles. The van der Waals surface area contributed by atoms with Crippen molar-refractivity contribution in [3.63, 3.8) is 0 Å². The molecule has 0 radical (unpaired) electrons. The largest absolute Gasteiger partial charge is 0.507 e. The maximum atomic E-state index is 14.3. The number of benzene rings is 2. The summed E-state index contributed by atoms with van der Waals surface area (Å²) in [5.41, 5.74) is -0.471. The lowest BCUT2D eigenvalue weighted by Crippen LogP contribution is -2.53. The molecule has 0 saturated carbocycles. The summed E-state index contributed by atoms with van der Waals surface area (Å²) in [5.74, 6) is -1.86. The van der Waals surface area contributed by atoms with E-state index in [1.807, 2.05) is 26.0 Å². The van der Waals surface area contributed by atoms with Crippen molar-refractivity contribution in [2.75, 3.05) is 31.2 Å². The highest BCUT2D eigenvalue weighted by molar-refractivity contribution is 6.50. The maximum absolute atomic E-state index is 14.3. The van der Waals surface area contributed by atoms with Crippen LogP contribution in [0.1, 0.15) is 44.2 Å². The predicted molar refractivity (Wildman–Crippen MR) is 134 cm³/mol. The third kappa shape index (κ3) is 3.51. The van der Waals surface area contributed by atoms with Crippen molar-refractivity contribution in [3.8, 4) is 5.75 Å². The van der Waals surface area contributed by atoms with E-state index in [4.69, 9.17) is 9.47 Å². The van der Waals surface area contributed by atoms with Crippen LogP contribution in [0.25, 0.3) is 5.76 Å². The maximum Gasteiger partial charge on any atom is 0.296 e. The van der Waals surface area contributed by atoms with E-state index >= 15 is 0 Å². The van der Waals surface area contributed by atoms with E-state index in [0.29, 0.717) is 48.7 Å². The van der Waals surface area contributed by atoms with Gasteiger partial charge in [0.05, 0.1) is 24.0 Å². The van der Waals surface area contributed by atoms with E-state index in [1.54, 1.807) is 41.3 Å². The molecule has 3 aliphatic rings. The Morgan fingerprint density at radius 3 is 2.53 bits per heavy atom. The molecule has 2 saturated heterocycles. The van der Waals surface area contributed by atoms with Crippen LogP contribution in [0.3, 0.4) is 0 Å². The Kier molecular flexibility index (Phi) is 6.30. The quantitative estimate of drug-likeness (QED) is 0.362. The Labute approximate surface area is 210 Å². The number of hydrogen-bond donors (Lipinski definition) is 1. The van der Waals surface area contributed by atoms with E-state index in [9.17, 15) is 19.5 Å². The zero-order chi connectivity index (χ0) is 25.4. The van der Waals surface area contributed by atoms with Crippen LogP contribution in [0.2, 0.25) is 0 Å². The number of nitrogens with zero attached hydrogens (tertiary/aromatic N) is 2. The summed E-state index contributed by atoms with van der Waals surface area (Å²) >= 11 is 0. The van der Waals surface area contributed by atoms with Gasteiger partial charge in [-0.3, -0.25) is 14.4 Å². The number of Topliss-reactive ketones (excluding diaryl/α,β-unsaturated/α-hetero) is 1. The SMILES string of the molecule is CCCN1C(=O)[C@]2(C(=C(O)c3ccc(OCC)cc3)C(=O)C(=O)N2C[C@H]2CCCO2)c2ccccc21. The number of fused-ring (bicyclic) bond motifs is 2. The topological polar surface area (TPSA) is 96.4 Å². The van der Waals surface area contributed by atoms with Crippen molar-refractivity contribution in [1.82, 2.24) is 4.90 Å². The molecular formula is C28H30N2O6. The van der Waals surface area contributed by atoms with E-state index in [1.165, 1.54) is 4.90 Å². The first-order valence-corrected chi connectivity index (χ1v) is 12.5. The predicted octanol–water partition coefficient (Wildman–Crippen LogP) is 3.60. The molecule has 2 aromatic rings. The molecule has 0 aliphatic carbocycles. The Morgan fingerprint density at radius 2 is 1.86 bits per heavy atom. The molecule has 0 aromatic heterocycles. The van der Waals surface area contributed by atoms with Crippen LogP contribution in [-0.4, -0.2) is 60.0 Å². The molecule has 3 heterocycles. The van der Waals surface area contributed by atoms with Crippen LogP contribution < -0.4 is 9.64 Å². The van der Waals surface area contributed by atoms with Gasteiger partial charge in [0.1, 0.15) is 11.5 Å². The Hall–Kier alpha value is -3.65. The first-order chi connectivity index (χ1) is 17.4. The van der Waals surface area contributed by atoms with Crippen molar-refractivity contribution in [3.05, 3.63) is 65.2 Å². The fourth-order valence-electron chi connectivity index (χ4n) is 5.57.